The van der Waals surface area contributed by atoms with Gasteiger partial charge in [-0.25, -0.2) is 0 Å². The molecule has 2 aromatic rings. The molecule has 32 heavy (non-hydrogen) atoms. The molecule has 1 aliphatic heterocycles. The van der Waals surface area contributed by atoms with Gasteiger partial charge in [-0.15, -0.1) is 0 Å². The van der Waals surface area contributed by atoms with E-state index in [9.17, 15) is 4.79 Å². The van der Waals surface area contributed by atoms with E-state index in [2.05, 4.69) is 62.2 Å². The molecular formula is C25H34N6O. The second-order valence-electron chi connectivity index (χ2n) is 9.64. The smallest absolute Gasteiger partial charge is 0.217 e. The van der Waals surface area contributed by atoms with Crippen molar-refractivity contribution in [2.24, 2.45) is 0 Å². The van der Waals surface area contributed by atoms with E-state index >= 15 is 0 Å². The Kier molecular flexibility index (Phi) is 5.66. The van der Waals surface area contributed by atoms with Crippen molar-refractivity contribution in [3.05, 3.63) is 53.4 Å². The molecule has 2 saturated carbocycles. The van der Waals surface area contributed by atoms with Crippen molar-refractivity contribution in [1.29, 1.82) is 0 Å². The van der Waals surface area contributed by atoms with Gasteiger partial charge in [0, 0.05) is 25.0 Å². The molecule has 2 aromatic heterocycles. The molecule has 3 aliphatic rings. The SMILES string of the molecule is CC(=O)NC1CC1N1C=CCC(c2cc(Cn3nc(C)cc3C)nn2C2CCCCC2)=C1. The lowest BCUT2D eigenvalue weighted by Crippen LogP contribution is -2.29. The molecule has 2 aliphatic carbocycles. The Morgan fingerprint density at radius 1 is 1.16 bits per heavy atom. The molecule has 1 amide bonds. The van der Waals surface area contributed by atoms with Crippen LogP contribution in [0.4, 0.5) is 0 Å². The first kappa shape index (κ1) is 21.0. The predicted molar refractivity (Wildman–Crippen MR) is 125 cm³/mol. The van der Waals surface area contributed by atoms with Crippen molar-refractivity contribution >= 4 is 11.5 Å². The van der Waals surface area contributed by atoms with Crippen molar-refractivity contribution in [2.75, 3.05) is 0 Å². The minimum atomic E-state index is 0.0480. The van der Waals surface area contributed by atoms with Gasteiger partial charge in [0.25, 0.3) is 0 Å². The lowest BCUT2D eigenvalue weighted by Gasteiger charge is -2.26. The summed E-state index contributed by atoms with van der Waals surface area (Å²) in [5.74, 6) is 0.0480. The third-order valence-electron chi connectivity index (χ3n) is 6.90. The summed E-state index contributed by atoms with van der Waals surface area (Å²) in [5.41, 5.74) is 5.82. The van der Waals surface area contributed by atoms with E-state index in [1.807, 2.05) is 6.92 Å². The van der Waals surface area contributed by atoms with Gasteiger partial charge in [-0.05, 0) is 57.2 Å². The highest BCUT2D eigenvalue weighted by atomic mass is 16.1. The summed E-state index contributed by atoms with van der Waals surface area (Å²) in [4.78, 5) is 13.7. The molecule has 2 fully saturated rings. The zero-order chi connectivity index (χ0) is 22.2. The van der Waals surface area contributed by atoms with E-state index in [1.165, 1.54) is 49.1 Å². The van der Waals surface area contributed by atoms with Crippen molar-refractivity contribution in [3.63, 3.8) is 0 Å². The van der Waals surface area contributed by atoms with Crippen LogP contribution in [0.3, 0.4) is 0 Å². The summed E-state index contributed by atoms with van der Waals surface area (Å²) < 4.78 is 4.36. The number of carbonyl (C=O) groups is 1. The molecule has 3 heterocycles. The zero-order valence-corrected chi connectivity index (χ0v) is 19.4. The summed E-state index contributed by atoms with van der Waals surface area (Å²) in [6.45, 7) is 6.43. The summed E-state index contributed by atoms with van der Waals surface area (Å²) in [5, 5.41) is 12.8. The Morgan fingerprint density at radius 2 is 1.97 bits per heavy atom. The topological polar surface area (TPSA) is 68.0 Å². The number of carbonyl (C=O) groups excluding carboxylic acids is 1. The van der Waals surface area contributed by atoms with E-state index in [0.717, 1.165) is 24.2 Å². The molecule has 2 atom stereocenters. The van der Waals surface area contributed by atoms with Crippen LogP contribution in [-0.2, 0) is 11.3 Å². The maximum absolute atomic E-state index is 11.4. The number of hydrogen-bond acceptors (Lipinski definition) is 4. The van der Waals surface area contributed by atoms with Crippen molar-refractivity contribution in [1.82, 2.24) is 29.8 Å². The van der Waals surface area contributed by atoms with E-state index in [-0.39, 0.29) is 11.9 Å². The third-order valence-corrected chi connectivity index (χ3v) is 6.90. The zero-order valence-electron chi connectivity index (χ0n) is 19.4. The molecular weight excluding hydrogens is 400 g/mol. The van der Waals surface area contributed by atoms with Gasteiger partial charge in [-0.1, -0.05) is 25.3 Å². The molecule has 2 unspecified atom stereocenters. The first-order valence-corrected chi connectivity index (χ1v) is 12.0. The molecule has 170 valence electrons. The molecule has 0 radical (unpaired) electrons. The van der Waals surface area contributed by atoms with Crippen LogP contribution in [-0.4, -0.2) is 42.5 Å². The van der Waals surface area contributed by atoms with Crippen LogP contribution >= 0.6 is 0 Å². The van der Waals surface area contributed by atoms with Crippen molar-refractivity contribution in [3.8, 4) is 0 Å². The number of aromatic nitrogens is 4. The Labute approximate surface area is 190 Å². The average molecular weight is 435 g/mol. The van der Waals surface area contributed by atoms with Gasteiger partial charge in [-0.2, -0.15) is 10.2 Å². The maximum atomic E-state index is 11.4. The minimum Gasteiger partial charge on any atom is -0.351 e. The fourth-order valence-corrected chi connectivity index (χ4v) is 5.24. The highest BCUT2D eigenvalue weighted by Crippen LogP contribution is 2.36. The molecule has 0 saturated heterocycles. The van der Waals surface area contributed by atoms with Crippen LogP contribution in [0.1, 0.15) is 80.7 Å². The minimum absolute atomic E-state index is 0.0480. The number of rotatable bonds is 6. The summed E-state index contributed by atoms with van der Waals surface area (Å²) in [6, 6.07) is 5.46. The van der Waals surface area contributed by atoms with E-state index < -0.39 is 0 Å². The number of aryl methyl sites for hydroxylation is 2. The third kappa shape index (κ3) is 4.38. The number of hydrogen-bond donors (Lipinski definition) is 1. The molecule has 5 rings (SSSR count). The van der Waals surface area contributed by atoms with Gasteiger partial charge in [0.05, 0.1) is 41.8 Å². The van der Waals surface area contributed by atoms with Gasteiger partial charge in [-0.3, -0.25) is 14.2 Å². The molecule has 7 nitrogen and oxygen atoms in total. The standard InChI is InChI=1S/C25H34N6O/c1-17-12-18(2)30(27-17)16-21-13-24(31(28-21)22-9-5-4-6-10-22)20-8-7-11-29(15-20)25-14-23(25)26-19(3)32/h7,11-13,15,22-23,25H,4-6,8-10,14,16H2,1-3H3,(H,26,32). The number of allylic oxidation sites excluding steroid dienone is 2. The van der Waals surface area contributed by atoms with Crippen LogP contribution in [0, 0.1) is 13.8 Å². The Morgan fingerprint density at radius 3 is 2.69 bits per heavy atom. The van der Waals surface area contributed by atoms with Crippen LogP contribution < -0.4 is 5.32 Å². The lowest BCUT2D eigenvalue weighted by molar-refractivity contribution is -0.119. The predicted octanol–water partition coefficient (Wildman–Crippen LogP) is 4.09. The lowest BCUT2D eigenvalue weighted by atomic mass is 9.95. The monoisotopic (exact) mass is 434 g/mol. The fourth-order valence-electron chi connectivity index (χ4n) is 5.24. The number of nitrogens with one attached hydrogen (secondary N) is 1. The van der Waals surface area contributed by atoms with Crippen LogP contribution in [0.25, 0.3) is 5.57 Å². The Hall–Kier alpha value is -2.83. The number of nitrogens with zero attached hydrogens (tertiary/aromatic N) is 5. The Balaban J connectivity index is 1.43. The van der Waals surface area contributed by atoms with Gasteiger partial charge in [0.2, 0.25) is 5.91 Å². The van der Waals surface area contributed by atoms with E-state index in [0.29, 0.717) is 18.6 Å². The maximum Gasteiger partial charge on any atom is 0.217 e. The second kappa shape index (κ2) is 8.60. The first-order valence-electron chi connectivity index (χ1n) is 12.0. The van der Waals surface area contributed by atoms with Crippen LogP contribution in [0.2, 0.25) is 0 Å². The molecule has 0 aromatic carbocycles. The first-order chi connectivity index (χ1) is 15.5. The van der Waals surface area contributed by atoms with Crippen molar-refractivity contribution in [2.45, 2.75) is 90.4 Å². The molecule has 7 heteroatoms. The van der Waals surface area contributed by atoms with E-state index in [4.69, 9.17) is 5.10 Å². The Bertz CT molecular complexity index is 1050. The average Bonchev–Trinajstić information content (AvgIpc) is 3.28. The van der Waals surface area contributed by atoms with Crippen LogP contribution in [0.15, 0.2) is 30.6 Å². The van der Waals surface area contributed by atoms with Crippen molar-refractivity contribution < 1.29 is 4.79 Å². The van der Waals surface area contributed by atoms with Gasteiger partial charge >= 0.3 is 0 Å². The quantitative estimate of drug-likeness (QED) is 0.744. The molecule has 0 bridgehead atoms. The van der Waals surface area contributed by atoms with Crippen LogP contribution in [0.5, 0.6) is 0 Å². The second-order valence-corrected chi connectivity index (χ2v) is 9.64. The van der Waals surface area contributed by atoms with Gasteiger partial charge in [0.1, 0.15) is 0 Å². The number of amides is 1. The highest BCUT2D eigenvalue weighted by molar-refractivity contribution is 5.74. The van der Waals surface area contributed by atoms with E-state index in [1.54, 1.807) is 6.92 Å². The normalized spacial score (nSPS) is 23.3. The molecule has 0 spiro atoms. The molecule has 1 N–H and O–H groups in total. The fraction of sp³-hybridized carbons (Fsp3) is 0.560. The highest BCUT2D eigenvalue weighted by Gasteiger charge is 2.41. The summed E-state index contributed by atoms with van der Waals surface area (Å²) >= 11 is 0. The largest absolute Gasteiger partial charge is 0.351 e. The summed E-state index contributed by atoms with van der Waals surface area (Å²) in [7, 11) is 0. The van der Waals surface area contributed by atoms with Gasteiger partial charge in [0.15, 0.2) is 0 Å². The van der Waals surface area contributed by atoms with Gasteiger partial charge < -0.3 is 10.2 Å². The summed E-state index contributed by atoms with van der Waals surface area (Å²) in [6.07, 6.45) is 14.9.